The van der Waals surface area contributed by atoms with Gasteiger partial charge < -0.3 is 4.79 Å². The number of piperidine rings is 1. The number of aromatic nitrogens is 1. The fourth-order valence-corrected chi connectivity index (χ4v) is 2.05. The molecule has 1 saturated heterocycles. The first-order valence-corrected chi connectivity index (χ1v) is 5.55. The molecule has 0 N–H and O–H groups in total. The lowest BCUT2D eigenvalue weighted by atomic mass is 9.98. The first-order chi connectivity index (χ1) is 7.78. The van der Waals surface area contributed by atoms with Gasteiger partial charge in [0.15, 0.2) is 0 Å². The Morgan fingerprint density at radius 3 is 2.81 bits per heavy atom. The third kappa shape index (κ3) is 2.85. The summed E-state index contributed by atoms with van der Waals surface area (Å²) in [6.45, 7) is 2.52. The highest BCUT2D eigenvalue weighted by molar-refractivity contribution is 5.53. The normalized spacial score (nSPS) is 18.6. The van der Waals surface area contributed by atoms with E-state index >= 15 is 0 Å². The molecule has 0 aromatic carbocycles. The topological polar surface area (TPSA) is 33.2 Å². The highest BCUT2D eigenvalue weighted by Gasteiger charge is 2.18. The average Bonchev–Trinajstić information content (AvgIpc) is 2.30. The summed E-state index contributed by atoms with van der Waals surface area (Å²) in [5.41, 5.74) is 0.893. The number of carbonyl (C=O) groups is 1. The number of hydrogen-bond donors (Lipinski definition) is 0. The van der Waals surface area contributed by atoms with Gasteiger partial charge in [0.25, 0.3) is 0 Å². The summed E-state index contributed by atoms with van der Waals surface area (Å²) in [6.07, 6.45) is 5.76. The maximum absolute atomic E-state index is 12.9. The van der Waals surface area contributed by atoms with Crippen molar-refractivity contribution in [2.24, 2.45) is 5.92 Å². The van der Waals surface area contributed by atoms with Crippen molar-refractivity contribution in [3.63, 3.8) is 0 Å². The molecule has 16 heavy (non-hydrogen) atoms. The minimum absolute atomic E-state index is 0.210. The molecule has 1 aliphatic heterocycles. The van der Waals surface area contributed by atoms with Crippen molar-refractivity contribution < 1.29 is 9.18 Å². The van der Waals surface area contributed by atoms with Crippen LogP contribution in [0.15, 0.2) is 18.5 Å². The van der Waals surface area contributed by atoms with E-state index in [1.807, 2.05) is 0 Å². The Labute approximate surface area is 94.3 Å². The third-order valence-corrected chi connectivity index (χ3v) is 2.99. The highest BCUT2D eigenvalue weighted by Crippen LogP contribution is 2.17. The van der Waals surface area contributed by atoms with Crippen LogP contribution < -0.4 is 0 Å². The molecule has 0 saturated carbocycles. The summed E-state index contributed by atoms with van der Waals surface area (Å²) in [4.78, 5) is 16.6. The van der Waals surface area contributed by atoms with Gasteiger partial charge in [-0.25, -0.2) is 4.39 Å². The van der Waals surface area contributed by atoms with Gasteiger partial charge in [-0.3, -0.25) is 9.88 Å². The first kappa shape index (κ1) is 11.2. The predicted octanol–water partition coefficient (Wildman–Crippen LogP) is 1.63. The predicted molar refractivity (Wildman–Crippen MR) is 58.3 cm³/mol. The summed E-state index contributed by atoms with van der Waals surface area (Å²) < 4.78 is 12.9. The van der Waals surface area contributed by atoms with Crippen LogP contribution >= 0.6 is 0 Å². The molecule has 0 amide bonds. The molecule has 2 heterocycles. The van der Waals surface area contributed by atoms with E-state index in [1.54, 1.807) is 6.20 Å². The highest BCUT2D eigenvalue weighted by atomic mass is 19.1. The zero-order valence-electron chi connectivity index (χ0n) is 9.10. The molecular formula is C12H15FN2O. The molecule has 1 aromatic heterocycles. The van der Waals surface area contributed by atoms with Crippen LogP contribution in [0.1, 0.15) is 18.4 Å². The summed E-state index contributed by atoms with van der Waals surface area (Å²) in [6, 6.07) is 1.51. The van der Waals surface area contributed by atoms with Crippen LogP contribution in [0.3, 0.4) is 0 Å². The van der Waals surface area contributed by atoms with Gasteiger partial charge in [0.2, 0.25) is 0 Å². The van der Waals surface area contributed by atoms with Crippen LogP contribution in [-0.2, 0) is 11.3 Å². The van der Waals surface area contributed by atoms with Crippen LogP contribution in [0.4, 0.5) is 4.39 Å². The SMILES string of the molecule is O=CC1CCN(Cc2cncc(F)c2)CC1. The molecule has 0 spiro atoms. The van der Waals surface area contributed by atoms with E-state index < -0.39 is 0 Å². The molecule has 1 aliphatic rings. The number of hydrogen-bond acceptors (Lipinski definition) is 3. The van der Waals surface area contributed by atoms with Crippen LogP contribution in [-0.4, -0.2) is 29.3 Å². The largest absolute Gasteiger partial charge is 0.303 e. The Morgan fingerprint density at radius 2 is 2.19 bits per heavy atom. The minimum Gasteiger partial charge on any atom is -0.303 e. The second kappa shape index (κ2) is 5.16. The number of nitrogens with zero attached hydrogens (tertiary/aromatic N) is 2. The fraction of sp³-hybridized carbons (Fsp3) is 0.500. The van der Waals surface area contributed by atoms with Crippen molar-refractivity contribution in [3.8, 4) is 0 Å². The molecule has 2 rings (SSSR count). The zero-order valence-corrected chi connectivity index (χ0v) is 9.10. The van der Waals surface area contributed by atoms with Crippen molar-refractivity contribution in [3.05, 3.63) is 29.8 Å². The van der Waals surface area contributed by atoms with Gasteiger partial charge in [0, 0.05) is 18.7 Å². The van der Waals surface area contributed by atoms with E-state index in [0.717, 1.165) is 44.3 Å². The standard InChI is InChI=1S/C12H15FN2O/c13-12-5-11(6-14-7-12)8-15-3-1-10(9-16)2-4-15/h5-7,9-10H,1-4,8H2. The molecule has 0 bridgehead atoms. The van der Waals surface area contributed by atoms with Crippen LogP contribution in [0.25, 0.3) is 0 Å². The Kier molecular flexibility index (Phi) is 3.62. The monoisotopic (exact) mass is 222 g/mol. The molecule has 3 nitrogen and oxygen atoms in total. The number of rotatable bonds is 3. The molecule has 0 radical (unpaired) electrons. The number of pyridine rings is 1. The summed E-state index contributed by atoms with van der Waals surface area (Å²) in [5.74, 6) is -0.0813. The Morgan fingerprint density at radius 1 is 1.44 bits per heavy atom. The van der Waals surface area contributed by atoms with Gasteiger partial charge in [-0.15, -0.1) is 0 Å². The van der Waals surface area contributed by atoms with E-state index in [1.165, 1.54) is 12.3 Å². The van der Waals surface area contributed by atoms with Crippen molar-refractivity contribution in [2.75, 3.05) is 13.1 Å². The van der Waals surface area contributed by atoms with E-state index in [9.17, 15) is 9.18 Å². The first-order valence-electron chi connectivity index (χ1n) is 5.55. The summed E-state index contributed by atoms with van der Waals surface area (Å²) in [5, 5.41) is 0. The van der Waals surface area contributed by atoms with Crippen molar-refractivity contribution in [1.82, 2.24) is 9.88 Å². The van der Waals surface area contributed by atoms with Crippen molar-refractivity contribution >= 4 is 6.29 Å². The minimum atomic E-state index is -0.291. The summed E-state index contributed by atoms with van der Waals surface area (Å²) in [7, 11) is 0. The lowest BCUT2D eigenvalue weighted by molar-refractivity contribution is -0.112. The number of halogens is 1. The quantitative estimate of drug-likeness (QED) is 0.729. The van der Waals surface area contributed by atoms with Crippen LogP contribution in [0.5, 0.6) is 0 Å². The number of likely N-dealkylation sites (tertiary alicyclic amines) is 1. The molecule has 0 atom stereocenters. The van der Waals surface area contributed by atoms with Gasteiger partial charge >= 0.3 is 0 Å². The molecule has 1 fully saturated rings. The summed E-state index contributed by atoms with van der Waals surface area (Å²) >= 11 is 0. The van der Waals surface area contributed by atoms with Crippen molar-refractivity contribution in [1.29, 1.82) is 0 Å². The van der Waals surface area contributed by atoms with E-state index in [0.29, 0.717) is 0 Å². The Hall–Kier alpha value is -1.29. The maximum Gasteiger partial charge on any atom is 0.141 e. The molecule has 0 aliphatic carbocycles. The van der Waals surface area contributed by atoms with Gasteiger partial charge in [-0.05, 0) is 37.6 Å². The van der Waals surface area contributed by atoms with Gasteiger partial charge in [-0.1, -0.05) is 0 Å². The third-order valence-electron chi connectivity index (χ3n) is 2.99. The van der Waals surface area contributed by atoms with Gasteiger partial charge in [-0.2, -0.15) is 0 Å². The lowest BCUT2D eigenvalue weighted by Gasteiger charge is -2.29. The second-order valence-electron chi connectivity index (χ2n) is 4.26. The van der Waals surface area contributed by atoms with Gasteiger partial charge in [0.1, 0.15) is 12.1 Å². The Balaban J connectivity index is 1.89. The molecule has 4 heteroatoms. The smallest absolute Gasteiger partial charge is 0.141 e. The maximum atomic E-state index is 12.9. The fourth-order valence-electron chi connectivity index (χ4n) is 2.05. The lowest BCUT2D eigenvalue weighted by Crippen LogP contribution is -2.33. The van der Waals surface area contributed by atoms with E-state index in [-0.39, 0.29) is 11.7 Å². The van der Waals surface area contributed by atoms with Crippen molar-refractivity contribution in [2.45, 2.75) is 19.4 Å². The Bertz CT molecular complexity index is 362. The van der Waals surface area contributed by atoms with E-state index in [4.69, 9.17) is 0 Å². The molecular weight excluding hydrogens is 207 g/mol. The molecule has 0 unspecified atom stereocenters. The van der Waals surface area contributed by atoms with Crippen LogP contribution in [0, 0.1) is 11.7 Å². The van der Waals surface area contributed by atoms with Gasteiger partial charge in [0.05, 0.1) is 6.20 Å². The van der Waals surface area contributed by atoms with E-state index in [2.05, 4.69) is 9.88 Å². The zero-order chi connectivity index (χ0) is 11.4. The number of aldehydes is 1. The second-order valence-corrected chi connectivity index (χ2v) is 4.26. The van der Waals surface area contributed by atoms with Crippen LogP contribution in [0.2, 0.25) is 0 Å². The molecule has 1 aromatic rings. The number of carbonyl (C=O) groups excluding carboxylic acids is 1. The molecule has 86 valence electrons. The average molecular weight is 222 g/mol.